The Morgan fingerprint density at radius 3 is 2.44 bits per heavy atom. The predicted octanol–water partition coefficient (Wildman–Crippen LogP) is 2.24. The first kappa shape index (κ1) is 19.7. The molecule has 0 aromatic heterocycles. The molecule has 2 fully saturated rings. The molecule has 0 aliphatic carbocycles. The van der Waals surface area contributed by atoms with E-state index < -0.39 is 0 Å². The molecule has 2 aliphatic heterocycles. The zero-order valence-electron chi connectivity index (χ0n) is 16.5. The molecule has 6 nitrogen and oxygen atoms in total. The van der Waals surface area contributed by atoms with E-state index in [1.165, 1.54) is 5.56 Å². The lowest BCUT2D eigenvalue weighted by Gasteiger charge is -2.38. The van der Waals surface area contributed by atoms with Crippen LogP contribution < -0.4 is 0 Å². The number of carbonyl (C=O) groups excluding carboxylic acids is 2. The maximum absolute atomic E-state index is 12.9. The second-order valence-electron chi connectivity index (χ2n) is 7.74. The topological polar surface area (TPSA) is 53.1 Å². The molecular weight excluding hydrogens is 342 g/mol. The lowest BCUT2D eigenvalue weighted by atomic mass is 9.95. The number of benzene rings is 1. The summed E-state index contributed by atoms with van der Waals surface area (Å²) in [5, 5.41) is 0. The molecule has 3 amide bonds. The molecule has 1 aromatic rings. The number of amides is 3. The molecule has 1 aromatic carbocycles. The van der Waals surface area contributed by atoms with Gasteiger partial charge in [-0.1, -0.05) is 30.3 Å². The number of nitrogens with zero attached hydrogens (tertiary/aromatic N) is 3. The highest BCUT2D eigenvalue weighted by Crippen LogP contribution is 2.22. The Morgan fingerprint density at radius 2 is 1.78 bits per heavy atom. The number of piperidine rings is 1. The van der Waals surface area contributed by atoms with Crippen molar-refractivity contribution in [1.29, 1.82) is 0 Å². The average Bonchev–Trinajstić information content (AvgIpc) is 2.72. The van der Waals surface area contributed by atoms with E-state index in [0.717, 1.165) is 25.7 Å². The van der Waals surface area contributed by atoms with Crippen LogP contribution in [0.3, 0.4) is 0 Å². The van der Waals surface area contributed by atoms with Gasteiger partial charge >= 0.3 is 6.03 Å². The first-order valence-electron chi connectivity index (χ1n) is 9.95. The molecular formula is C21H31N3O3. The van der Waals surface area contributed by atoms with E-state index in [2.05, 4.69) is 24.3 Å². The minimum absolute atomic E-state index is 0.0316. The SMILES string of the molecule is CN(C)C(=O)N1CCC(C(=O)N2CCO[C@H](CCc3ccccc3)C2)CC1. The van der Waals surface area contributed by atoms with E-state index in [1.807, 2.05) is 15.9 Å². The summed E-state index contributed by atoms with van der Waals surface area (Å²) in [5.74, 6) is 0.268. The van der Waals surface area contributed by atoms with Gasteiger partial charge in [0.15, 0.2) is 0 Å². The van der Waals surface area contributed by atoms with Gasteiger partial charge in [-0.15, -0.1) is 0 Å². The summed E-state index contributed by atoms with van der Waals surface area (Å²) in [6.45, 7) is 3.30. The smallest absolute Gasteiger partial charge is 0.319 e. The lowest BCUT2D eigenvalue weighted by Crippen LogP contribution is -2.51. The normalized spacial score (nSPS) is 21.2. The number of hydrogen-bond acceptors (Lipinski definition) is 3. The van der Waals surface area contributed by atoms with Crippen molar-refractivity contribution in [2.24, 2.45) is 5.92 Å². The summed E-state index contributed by atoms with van der Waals surface area (Å²) in [4.78, 5) is 30.4. The van der Waals surface area contributed by atoms with Gasteiger partial charge in [-0.25, -0.2) is 4.79 Å². The van der Waals surface area contributed by atoms with Crippen LogP contribution in [0.1, 0.15) is 24.8 Å². The van der Waals surface area contributed by atoms with E-state index in [0.29, 0.717) is 32.8 Å². The van der Waals surface area contributed by atoms with Crippen molar-refractivity contribution in [2.45, 2.75) is 31.8 Å². The maximum Gasteiger partial charge on any atom is 0.319 e. The Bertz CT molecular complexity index is 627. The standard InChI is InChI=1S/C21H31N3O3/c1-22(2)21(26)23-12-10-18(11-13-23)20(25)24-14-15-27-19(16-24)9-8-17-6-4-3-5-7-17/h3-7,18-19H,8-16H2,1-2H3/t19-/m1/s1. The Hall–Kier alpha value is -2.08. The quantitative estimate of drug-likeness (QED) is 0.813. The fourth-order valence-corrected chi connectivity index (χ4v) is 3.93. The van der Waals surface area contributed by atoms with Crippen molar-refractivity contribution in [3.63, 3.8) is 0 Å². The molecule has 6 heteroatoms. The van der Waals surface area contributed by atoms with Crippen LogP contribution >= 0.6 is 0 Å². The molecule has 2 aliphatic rings. The molecule has 0 N–H and O–H groups in total. The first-order chi connectivity index (χ1) is 13.0. The number of hydrogen-bond donors (Lipinski definition) is 0. The van der Waals surface area contributed by atoms with Gasteiger partial charge in [-0.2, -0.15) is 0 Å². The minimum atomic E-state index is 0.0316. The number of likely N-dealkylation sites (tertiary alicyclic amines) is 1. The van der Waals surface area contributed by atoms with Crippen LogP contribution in [-0.2, 0) is 16.0 Å². The van der Waals surface area contributed by atoms with E-state index in [1.54, 1.807) is 19.0 Å². The van der Waals surface area contributed by atoms with Gasteiger partial charge in [-0.3, -0.25) is 4.79 Å². The Kier molecular flexibility index (Phi) is 6.72. The second-order valence-corrected chi connectivity index (χ2v) is 7.74. The molecule has 2 saturated heterocycles. The van der Waals surface area contributed by atoms with Gasteiger partial charge in [0.1, 0.15) is 0 Å². The fourth-order valence-electron chi connectivity index (χ4n) is 3.93. The van der Waals surface area contributed by atoms with Crippen molar-refractivity contribution in [2.75, 3.05) is 46.9 Å². The maximum atomic E-state index is 12.9. The average molecular weight is 373 g/mol. The lowest BCUT2D eigenvalue weighted by molar-refractivity contribution is -0.144. The largest absolute Gasteiger partial charge is 0.375 e. The third-order valence-electron chi connectivity index (χ3n) is 5.55. The molecule has 0 unspecified atom stereocenters. The summed E-state index contributed by atoms with van der Waals surface area (Å²) in [6.07, 6.45) is 3.52. The van der Waals surface area contributed by atoms with Crippen LogP contribution in [0.4, 0.5) is 4.79 Å². The van der Waals surface area contributed by atoms with Gasteiger partial charge in [0, 0.05) is 46.2 Å². The molecule has 0 radical (unpaired) electrons. The van der Waals surface area contributed by atoms with Gasteiger partial charge in [0.2, 0.25) is 5.91 Å². The molecule has 148 valence electrons. The van der Waals surface area contributed by atoms with Crippen molar-refractivity contribution in [3.05, 3.63) is 35.9 Å². The summed E-state index contributed by atoms with van der Waals surface area (Å²) in [5.41, 5.74) is 1.31. The molecule has 3 rings (SSSR count). The van der Waals surface area contributed by atoms with E-state index in [4.69, 9.17) is 4.74 Å². The number of urea groups is 1. The molecule has 0 bridgehead atoms. The van der Waals surface area contributed by atoms with Crippen LogP contribution in [0.2, 0.25) is 0 Å². The fraction of sp³-hybridized carbons (Fsp3) is 0.619. The van der Waals surface area contributed by atoms with Crippen LogP contribution in [0.5, 0.6) is 0 Å². The van der Waals surface area contributed by atoms with Gasteiger partial charge in [0.05, 0.1) is 12.7 Å². The van der Waals surface area contributed by atoms with E-state index >= 15 is 0 Å². The van der Waals surface area contributed by atoms with Crippen molar-refractivity contribution in [3.8, 4) is 0 Å². The van der Waals surface area contributed by atoms with Crippen LogP contribution in [0.25, 0.3) is 0 Å². The van der Waals surface area contributed by atoms with Gasteiger partial charge in [-0.05, 0) is 31.2 Å². The highest BCUT2D eigenvalue weighted by molar-refractivity contribution is 5.80. The number of aryl methyl sites for hydroxylation is 1. The Morgan fingerprint density at radius 1 is 1.07 bits per heavy atom. The molecule has 0 saturated carbocycles. The van der Waals surface area contributed by atoms with E-state index in [-0.39, 0.29) is 24.0 Å². The second kappa shape index (κ2) is 9.22. The molecule has 1 atom stereocenters. The Balaban J connectivity index is 1.46. The van der Waals surface area contributed by atoms with E-state index in [9.17, 15) is 9.59 Å². The van der Waals surface area contributed by atoms with Crippen molar-refractivity contribution >= 4 is 11.9 Å². The number of carbonyl (C=O) groups is 2. The van der Waals surface area contributed by atoms with Crippen LogP contribution in [-0.4, -0.2) is 79.6 Å². The molecule has 0 spiro atoms. The van der Waals surface area contributed by atoms with Crippen molar-refractivity contribution in [1.82, 2.24) is 14.7 Å². The summed E-state index contributed by atoms with van der Waals surface area (Å²) < 4.78 is 5.89. The Labute approximate surface area is 162 Å². The number of morpholine rings is 1. The van der Waals surface area contributed by atoms with Crippen LogP contribution in [0, 0.1) is 5.92 Å². The predicted molar refractivity (Wildman–Crippen MR) is 104 cm³/mol. The summed E-state index contributed by atoms with van der Waals surface area (Å²) >= 11 is 0. The highest BCUT2D eigenvalue weighted by Gasteiger charge is 2.33. The first-order valence-corrected chi connectivity index (χ1v) is 9.95. The monoisotopic (exact) mass is 373 g/mol. The van der Waals surface area contributed by atoms with Crippen molar-refractivity contribution < 1.29 is 14.3 Å². The highest BCUT2D eigenvalue weighted by atomic mass is 16.5. The summed E-state index contributed by atoms with van der Waals surface area (Å²) in [6, 6.07) is 10.4. The zero-order valence-corrected chi connectivity index (χ0v) is 16.5. The molecule has 27 heavy (non-hydrogen) atoms. The zero-order chi connectivity index (χ0) is 19.2. The molecule has 2 heterocycles. The van der Waals surface area contributed by atoms with Gasteiger partial charge in [0.25, 0.3) is 0 Å². The summed E-state index contributed by atoms with van der Waals surface area (Å²) in [7, 11) is 3.53. The van der Waals surface area contributed by atoms with Gasteiger partial charge < -0.3 is 19.4 Å². The number of rotatable bonds is 4. The third kappa shape index (κ3) is 5.22. The third-order valence-corrected chi connectivity index (χ3v) is 5.55. The number of ether oxygens (including phenoxy) is 1. The van der Waals surface area contributed by atoms with Crippen LogP contribution in [0.15, 0.2) is 30.3 Å². The minimum Gasteiger partial charge on any atom is -0.375 e.